The molecule has 1 unspecified atom stereocenters. The third-order valence-electron chi connectivity index (χ3n) is 4.68. The van der Waals surface area contributed by atoms with Gasteiger partial charge in [-0.3, -0.25) is 9.36 Å². The fourth-order valence-electron chi connectivity index (χ4n) is 3.34. The Bertz CT molecular complexity index is 846. The molecular weight excluding hydrogens is 326 g/mol. The van der Waals surface area contributed by atoms with Crippen molar-refractivity contribution in [1.82, 2.24) is 19.7 Å². The lowest BCUT2D eigenvalue weighted by molar-refractivity contribution is 0.0715. The summed E-state index contributed by atoms with van der Waals surface area (Å²) >= 11 is 0. The molecule has 0 bridgehead atoms. The van der Waals surface area contributed by atoms with Crippen molar-refractivity contribution in [3.63, 3.8) is 0 Å². The van der Waals surface area contributed by atoms with E-state index in [-0.39, 0.29) is 11.9 Å². The molecule has 0 saturated carbocycles. The maximum Gasteiger partial charge on any atom is 0.253 e. The third kappa shape index (κ3) is 3.59. The molecule has 1 saturated heterocycles. The van der Waals surface area contributed by atoms with Gasteiger partial charge < -0.3 is 10.2 Å². The van der Waals surface area contributed by atoms with E-state index >= 15 is 0 Å². The maximum atomic E-state index is 12.9. The monoisotopic (exact) mass is 347 g/mol. The fourth-order valence-corrected chi connectivity index (χ4v) is 3.34. The Morgan fingerprint density at radius 3 is 2.46 bits per heavy atom. The highest BCUT2D eigenvalue weighted by Gasteiger charge is 2.24. The second kappa shape index (κ2) is 7.39. The molecular formula is C20H21N5O. The first-order chi connectivity index (χ1) is 12.8. The summed E-state index contributed by atoms with van der Waals surface area (Å²) in [6.45, 7) is 1.53. The average molecular weight is 347 g/mol. The summed E-state index contributed by atoms with van der Waals surface area (Å²) < 4.78 is 1.81. The zero-order chi connectivity index (χ0) is 17.8. The van der Waals surface area contributed by atoms with Crippen LogP contribution in [0.1, 0.15) is 23.2 Å². The molecule has 1 amide bonds. The molecule has 1 aliphatic heterocycles. The Balaban J connectivity index is 1.42. The number of hydrogen-bond acceptors (Lipinski definition) is 4. The third-order valence-corrected chi connectivity index (χ3v) is 4.68. The van der Waals surface area contributed by atoms with E-state index in [4.69, 9.17) is 0 Å². The molecule has 0 spiro atoms. The van der Waals surface area contributed by atoms with Crippen LogP contribution in [0.2, 0.25) is 0 Å². The molecule has 26 heavy (non-hydrogen) atoms. The van der Waals surface area contributed by atoms with Gasteiger partial charge in [0.25, 0.3) is 5.91 Å². The number of carbonyl (C=O) groups excluding carboxylic acids is 1. The first kappa shape index (κ1) is 16.3. The quantitative estimate of drug-likeness (QED) is 0.788. The molecule has 1 fully saturated rings. The largest absolute Gasteiger partial charge is 0.381 e. The number of benzene rings is 2. The van der Waals surface area contributed by atoms with Gasteiger partial charge in [0.15, 0.2) is 0 Å². The minimum Gasteiger partial charge on any atom is -0.381 e. The second-order valence-corrected chi connectivity index (χ2v) is 6.52. The molecule has 6 nitrogen and oxygen atoms in total. The molecule has 1 atom stereocenters. The summed E-state index contributed by atoms with van der Waals surface area (Å²) in [4.78, 5) is 14.8. The van der Waals surface area contributed by atoms with Crippen LogP contribution in [-0.2, 0) is 0 Å². The van der Waals surface area contributed by atoms with Crippen LogP contribution in [0, 0.1) is 0 Å². The van der Waals surface area contributed by atoms with E-state index < -0.39 is 0 Å². The molecule has 132 valence electrons. The standard InChI is InChI=1S/C20H21N5O/c26-20(16-8-10-19(11-9-16)25-14-21-22-15-25)24-12-4-7-18(13-24)23-17-5-2-1-3-6-17/h1-3,5-6,8-11,14-15,18,23H,4,7,12-13H2. The zero-order valence-electron chi connectivity index (χ0n) is 14.5. The molecule has 2 aromatic carbocycles. The number of carbonyl (C=O) groups is 1. The summed E-state index contributed by atoms with van der Waals surface area (Å²) in [7, 11) is 0. The van der Waals surface area contributed by atoms with Gasteiger partial charge in [0.1, 0.15) is 12.7 Å². The number of nitrogens with zero attached hydrogens (tertiary/aromatic N) is 4. The van der Waals surface area contributed by atoms with Gasteiger partial charge in [0.05, 0.1) is 0 Å². The number of hydrogen-bond donors (Lipinski definition) is 1. The molecule has 6 heteroatoms. The van der Waals surface area contributed by atoms with Crippen molar-refractivity contribution < 1.29 is 4.79 Å². The Labute approximate surface area is 152 Å². The number of aromatic nitrogens is 3. The SMILES string of the molecule is O=C(c1ccc(-n2cnnc2)cc1)N1CCCC(Nc2ccccc2)C1. The lowest BCUT2D eigenvalue weighted by atomic mass is 10.0. The highest BCUT2D eigenvalue weighted by Crippen LogP contribution is 2.18. The molecule has 1 aromatic heterocycles. The first-order valence-corrected chi connectivity index (χ1v) is 8.85. The summed E-state index contributed by atoms with van der Waals surface area (Å²) in [5.74, 6) is 0.0832. The van der Waals surface area contributed by atoms with Crippen molar-refractivity contribution in [3.05, 3.63) is 72.8 Å². The Morgan fingerprint density at radius 1 is 1.00 bits per heavy atom. The smallest absolute Gasteiger partial charge is 0.253 e. The van der Waals surface area contributed by atoms with Gasteiger partial charge in [0.2, 0.25) is 0 Å². The number of likely N-dealkylation sites (tertiary alicyclic amines) is 1. The van der Waals surface area contributed by atoms with E-state index in [2.05, 4.69) is 27.6 Å². The van der Waals surface area contributed by atoms with Crippen LogP contribution >= 0.6 is 0 Å². The van der Waals surface area contributed by atoms with E-state index in [9.17, 15) is 4.79 Å². The predicted molar refractivity (Wildman–Crippen MR) is 100 cm³/mol. The number of rotatable bonds is 4. The van der Waals surface area contributed by atoms with Crippen molar-refractivity contribution in [1.29, 1.82) is 0 Å². The number of anilines is 1. The van der Waals surface area contributed by atoms with E-state index in [0.29, 0.717) is 5.56 Å². The summed E-state index contributed by atoms with van der Waals surface area (Å²) in [5.41, 5.74) is 2.75. The molecule has 1 aliphatic rings. The normalized spacial score (nSPS) is 17.1. The number of nitrogens with one attached hydrogen (secondary N) is 1. The average Bonchev–Trinajstić information content (AvgIpc) is 3.23. The van der Waals surface area contributed by atoms with Gasteiger partial charge in [-0.05, 0) is 49.2 Å². The van der Waals surface area contributed by atoms with Gasteiger partial charge in [-0.15, -0.1) is 10.2 Å². The van der Waals surface area contributed by atoms with Gasteiger partial charge in [0, 0.05) is 36.1 Å². The van der Waals surface area contributed by atoms with Crippen LogP contribution in [0.3, 0.4) is 0 Å². The Kier molecular flexibility index (Phi) is 4.64. The fraction of sp³-hybridized carbons (Fsp3) is 0.250. The molecule has 3 aromatic rings. The molecule has 0 aliphatic carbocycles. The van der Waals surface area contributed by atoms with Crippen molar-refractivity contribution in [3.8, 4) is 5.69 Å². The van der Waals surface area contributed by atoms with E-state index in [1.807, 2.05) is 51.9 Å². The molecule has 0 radical (unpaired) electrons. The van der Waals surface area contributed by atoms with Crippen LogP contribution in [-0.4, -0.2) is 44.7 Å². The number of piperidine rings is 1. The first-order valence-electron chi connectivity index (χ1n) is 8.85. The van der Waals surface area contributed by atoms with Gasteiger partial charge in [-0.25, -0.2) is 0 Å². The van der Waals surface area contributed by atoms with Gasteiger partial charge >= 0.3 is 0 Å². The minimum absolute atomic E-state index is 0.0832. The maximum absolute atomic E-state index is 12.9. The molecule has 2 heterocycles. The van der Waals surface area contributed by atoms with E-state index in [0.717, 1.165) is 37.3 Å². The van der Waals surface area contributed by atoms with Crippen LogP contribution in [0.25, 0.3) is 5.69 Å². The topological polar surface area (TPSA) is 63.1 Å². The van der Waals surface area contributed by atoms with Gasteiger partial charge in [-0.1, -0.05) is 18.2 Å². The zero-order valence-corrected chi connectivity index (χ0v) is 14.5. The van der Waals surface area contributed by atoms with Crippen LogP contribution < -0.4 is 5.32 Å². The van der Waals surface area contributed by atoms with Crippen LogP contribution in [0.4, 0.5) is 5.69 Å². The Morgan fingerprint density at radius 2 is 1.73 bits per heavy atom. The van der Waals surface area contributed by atoms with Crippen molar-refractivity contribution in [2.45, 2.75) is 18.9 Å². The van der Waals surface area contributed by atoms with Crippen molar-refractivity contribution >= 4 is 11.6 Å². The molecule has 1 N–H and O–H groups in total. The highest BCUT2D eigenvalue weighted by atomic mass is 16.2. The summed E-state index contributed by atoms with van der Waals surface area (Å²) in [6.07, 6.45) is 5.36. The van der Waals surface area contributed by atoms with Crippen molar-refractivity contribution in [2.75, 3.05) is 18.4 Å². The van der Waals surface area contributed by atoms with Crippen LogP contribution in [0.5, 0.6) is 0 Å². The van der Waals surface area contributed by atoms with E-state index in [1.165, 1.54) is 0 Å². The molecule has 4 rings (SSSR count). The summed E-state index contributed by atoms with van der Waals surface area (Å²) in [5, 5.41) is 11.1. The van der Waals surface area contributed by atoms with E-state index in [1.54, 1.807) is 12.7 Å². The Hall–Kier alpha value is -3.15. The predicted octanol–water partition coefficient (Wildman–Crippen LogP) is 2.98. The van der Waals surface area contributed by atoms with Gasteiger partial charge in [-0.2, -0.15) is 0 Å². The van der Waals surface area contributed by atoms with Crippen LogP contribution in [0.15, 0.2) is 67.3 Å². The minimum atomic E-state index is 0.0832. The lowest BCUT2D eigenvalue weighted by Gasteiger charge is -2.33. The van der Waals surface area contributed by atoms with Crippen molar-refractivity contribution in [2.24, 2.45) is 0 Å². The highest BCUT2D eigenvalue weighted by molar-refractivity contribution is 5.94. The number of para-hydroxylation sites is 1. The number of amides is 1. The lowest BCUT2D eigenvalue weighted by Crippen LogP contribution is -2.45. The second-order valence-electron chi connectivity index (χ2n) is 6.52. The summed E-state index contributed by atoms with van der Waals surface area (Å²) in [6, 6.07) is 18.0.